The van der Waals surface area contributed by atoms with Gasteiger partial charge in [-0.15, -0.1) is 0 Å². The van der Waals surface area contributed by atoms with Crippen molar-refractivity contribution in [3.63, 3.8) is 0 Å². The highest BCUT2D eigenvalue weighted by Gasteiger charge is 2.11. The van der Waals surface area contributed by atoms with Crippen LogP contribution in [0.15, 0.2) is 29.0 Å². The molecule has 18 heavy (non-hydrogen) atoms. The van der Waals surface area contributed by atoms with Crippen LogP contribution in [0.1, 0.15) is 24.4 Å². The van der Waals surface area contributed by atoms with Gasteiger partial charge >= 0.3 is 0 Å². The van der Waals surface area contributed by atoms with Crippen molar-refractivity contribution in [1.29, 1.82) is 0 Å². The molecule has 1 heterocycles. The highest BCUT2D eigenvalue weighted by molar-refractivity contribution is 9.10. The third-order valence-electron chi connectivity index (χ3n) is 2.59. The lowest BCUT2D eigenvalue weighted by Gasteiger charge is -2.13. The predicted octanol–water partition coefficient (Wildman–Crippen LogP) is 2.21. The fourth-order valence-electron chi connectivity index (χ4n) is 1.57. The molecular weight excluding hydrogens is 298 g/mol. The van der Waals surface area contributed by atoms with Crippen molar-refractivity contribution < 1.29 is 9.84 Å². The standard InChI is InChI=1S/C12H14BrN3O2/c1-8(17)10-4-3-9(13)5-11(10)18-6-12-14-7-15-16(12)2/h3-5,7-8,17H,6H2,1-2H3/t8-/m0/s1. The lowest BCUT2D eigenvalue weighted by atomic mass is 10.1. The van der Waals surface area contributed by atoms with Gasteiger partial charge in [0.15, 0.2) is 5.82 Å². The normalized spacial score (nSPS) is 12.4. The quantitative estimate of drug-likeness (QED) is 0.940. The van der Waals surface area contributed by atoms with Crippen LogP contribution in [-0.2, 0) is 13.7 Å². The van der Waals surface area contributed by atoms with Gasteiger partial charge in [-0.25, -0.2) is 4.98 Å². The molecule has 0 fully saturated rings. The molecule has 0 spiro atoms. The zero-order valence-corrected chi connectivity index (χ0v) is 11.8. The van der Waals surface area contributed by atoms with Gasteiger partial charge in [0.25, 0.3) is 0 Å². The van der Waals surface area contributed by atoms with Crippen molar-refractivity contribution in [3.8, 4) is 5.75 Å². The van der Waals surface area contributed by atoms with Gasteiger partial charge in [-0.3, -0.25) is 4.68 Å². The summed E-state index contributed by atoms with van der Waals surface area (Å²) in [6.45, 7) is 2.02. The van der Waals surface area contributed by atoms with E-state index in [0.29, 0.717) is 12.4 Å². The minimum atomic E-state index is -0.576. The second-order valence-electron chi connectivity index (χ2n) is 3.95. The molecule has 1 atom stereocenters. The Labute approximate surface area is 114 Å². The van der Waals surface area contributed by atoms with Crippen molar-refractivity contribution in [1.82, 2.24) is 14.8 Å². The van der Waals surface area contributed by atoms with E-state index < -0.39 is 6.10 Å². The number of hydrogen-bond donors (Lipinski definition) is 1. The smallest absolute Gasteiger partial charge is 0.164 e. The van der Waals surface area contributed by atoms with Gasteiger partial charge in [0.05, 0.1) is 6.10 Å². The largest absolute Gasteiger partial charge is 0.485 e. The molecule has 0 amide bonds. The van der Waals surface area contributed by atoms with Crippen molar-refractivity contribution in [3.05, 3.63) is 40.4 Å². The first-order chi connectivity index (χ1) is 8.58. The molecule has 0 aliphatic heterocycles. The molecule has 2 aromatic rings. The summed E-state index contributed by atoms with van der Waals surface area (Å²) in [5.74, 6) is 1.37. The van der Waals surface area contributed by atoms with Gasteiger partial charge in [-0.1, -0.05) is 22.0 Å². The van der Waals surface area contributed by atoms with Crippen LogP contribution in [0.25, 0.3) is 0 Å². The topological polar surface area (TPSA) is 60.2 Å². The predicted molar refractivity (Wildman–Crippen MR) is 70.1 cm³/mol. The van der Waals surface area contributed by atoms with Crippen LogP contribution in [0.2, 0.25) is 0 Å². The number of aliphatic hydroxyl groups is 1. The average Bonchev–Trinajstić information content (AvgIpc) is 2.72. The average molecular weight is 312 g/mol. The second kappa shape index (κ2) is 5.49. The van der Waals surface area contributed by atoms with Crippen molar-refractivity contribution in [2.45, 2.75) is 19.6 Å². The molecule has 5 nitrogen and oxygen atoms in total. The molecule has 0 saturated heterocycles. The number of nitrogens with zero attached hydrogens (tertiary/aromatic N) is 3. The third kappa shape index (κ3) is 2.88. The maximum absolute atomic E-state index is 9.68. The molecule has 6 heteroatoms. The van der Waals surface area contributed by atoms with E-state index in [1.165, 1.54) is 6.33 Å². The van der Waals surface area contributed by atoms with Crippen molar-refractivity contribution >= 4 is 15.9 Å². The number of aliphatic hydroxyl groups excluding tert-OH is 1. The van der Waals surface area contributed by atoms with E-state index >= 15 is 0 Å². The molecule has 1 N–H and O–H groups in total. The van der Waals surface area contributed by atoms with E-state index in [1.54, 1.807) is 11.6 Å². The Bertz CT molecular complexity index is 540. The number of aryl methyl sites for hydroxylation is 1. The summed E-state index contributed by atoms with van der Waals surface area (Å²) in [4.78, 5) is 4.08. The summed E-state index contributed by atoms with van der Waals surface area (Å²) in [5, 5.41) is 13.6. The first-order valence-electron chi connectivity index (χ1n) is 5.51. The van der Waals surface area contributed by atoms with Gasteiger partial charge in [0, 0.05) is 17.1 Å². The van der Waals surface area contributed by atoms with Crippen LogP contribution < -0.4 is 4.74 Å². The summed E-state index contributed by atoms with van der Waals surface area (Å²) < 4.78 is 8.25. The van der Waals surface area contributed by atoms with E-state index in [4.69, 9.17) is 4.74 Å². The minimum absolute atomic E-state index is 0.312. The number of hydrogen-bond acceptors (Lipinski definition) is 4. The zero-order valence-electron chi connectivity index (χ0n) is 10.2. The van der Waals surface area contributed by atoms with E-state index in [9.17, 15) is 5.11 Å². The summed E-state index contributed by atoms with van der Waals surface area (Å²) >= 11 is 3.38. The Hall–Kier alpha value is -1.40. The Kier molecular flexibility index (Phi) is 3.98. The number of aromatic nitrogens is 3. The lowest BCUT2D eigenvalue weighted by molar-refractivity contribution is 0.189. The van der Waals surface area contributed by atoms with Crippen LogP contribution >= 0.6 is 15.9 Å². The maximum atomic E-state index is 9.68. The zero-order chi connectivity index (χ0) is 13.1. The van der Waals surface area contributed by atoms with Crippen LogP contribution in [0.5, 0.6) is 5.75 Å². The van der Waals surface area contributed by atoms with Gasteiger partial charge in [0.2, 0.25) is 0 Å². The number of halogens is 1. The van der Waals surface area contributed by atoms with E-state index in [2.05, 4.69) is 26.0 Å². The first kappa shape index (κ1) is 13.0. The van der Waals surface area contributed by atoms with E-state index in [1.807, 2.05) is 25.2 Å². The summed E-state index contributed by atoms with van der Waals surface area (Å²) in [7, 11) is 1.81. The lowest BCUT2D eigenvalue weighted by Crippen LogP contribution is -2.06. The summed E-state index contributed by atoms with van der Waals surface area (Å²) in [5.41, 5.74) is 0.750. The Morgan fingerprint density at radius 2 is 2.28 bits per heavy atom. The molecule has 0 aliphatic rings. The van der Waals surface area contributed by atoms with Crippen LogP contribution in [0, 0.1) is 0 Å². The fourth-order valence-corrected chi connectivity index (χ4v) is 1.91. The Morgan fingerprint density at radius 1 is 1.50 bits per heavy atom. The highest BCUT2D eigenvalue weighted by atomic mass is 79.9. The molecule has 0 unspecified atom stereocenters. The molecule has 1 aromatic heterocycles. The van der Waals surface area contributed by atoms with E-state index in [0.717, 1.165) is 15.9 Å². The fraction of sp³-hybridized carbons (Fsp3) is 0.333. The monoisotopic (exact) mass is 311 g/mol. The Morgan fingerprint density at radius 3 is 2.89 bits per heavy atom. The molecule has 0 radical (unpaired) electrons. The SMILES string of the molecule is C[C@H](O)c1ccc(Br)cc1OCc1ncnn1C. The minimum Gasteiger partial charge on any atom is -0.485 e. The van der Waals surface area contributed by atoms with Gasteiger partial charge in [-0.05, 0) is 19.1 Å². The van der Waals surface area contributed by atoms with Crippen LogP contribution in [0.3, 0.4) is 0 Å². The van der Waals surface area contributed by atoms with Gasteiger partial charge < -0.3 is 9.84 Å². The third-order valence-corrected chi connectivity index (χ3v) is 3.08. The summed E-state index contributed by atoms with van der Waals surface area (Å²) in [6.07, 6.45) is 0.905. The van der Waals surface area contributed by atoms with Gasteiger partial charge in [-0.2, -0.15) is 5.10 Å². The molecule has 96 valence electrons. The highest BCUT2D eigenvalue weighted by Crippen LogP contribution is 2.29. The molecule has 0 aliphatic carbocycles. The van der Waals surface area contributed by atoms with Crippen LogP contribution in [-0.4, -0.2) is 19.9 Å². The first-order valence-corrected chi connectivity index (χ1v) is 6.30. The van der Waals surface area contributed by atoms with Crippen molar-refractivity contribution in [2.75, 3.05) is 0 Å². The van der Waals surface area contributed by atoms with Gasteiger partial charge in [0.1, 0.15) is 18.7 Å². The summed E-state index contributed by atoms with van der Waals surface area (Å²) in [6, 6.07) is 5.54. The van der Waals surface area contributed by atoms with Crippen LogP contribution in [0.4, 0.5) is 0 Å². The van der Waals surface area contributed by atoms with Crippen molar-refractivity contribution in [2.24, 2.45) is 7.05 Å². The molecule has 2 rings (SSSR count). The molecule has 0 saturated carbocycles. The second-order valence-corrected chi connectivity index (χ2v) is 4.86. The molecular formula is C12H14BrN3O2. The number of benzene rings is 1. The number of ether oxygens (including phenoxy) is 1. The molecule has 1 aromatic carbocycles. The Balaban J connectivity index is 2.18. The maximum Gasteiger partial charge on any atom is 0.164 e. The number of rotatable bonds is 4. The molecule has 0 bridgehead atoms. The van der Waals surface area contributed by atoms with E-state index in [-0.39, 0.29) is 0 Å².